The Bertz CT molecular complexity index is 184. The summed E-state index contributed by atoms with van der Waals surface area (Å²) in [6, 6.07) is 0. The summed E-state index contributed by atoms with van der Waals surface area (Å²) in [6.45, 7) is 0.587. The molecule has 12 heavy (non-hydrogen) atoms. The third kappa shape index (κ3) is 1.87. The summed E-state index contributed by atoms with van der Waals surface area (Å²) < 4.78 is 0. The van der Waals surface area contributed by atoms with Gasteiger partial charge in [-0.25, -0.2) is 4.79 Å². The Balaban J connectivity index is 2.51. The topological polar surface area (TPSA) is 77.8 Å². The van der Waals surface area contributed by atoms with Crippen molar-refractivity contribution in [2.75, 3.05) is 13.1 Å². The number of amides is 1. The summed E-state index contributed by atoms with van der Waals surface area (Å²) in [5, 5.41) is 17.2. The summed E-state index contributed by atoms with van der Waals surface area (Å²) in [7, 11) is 0. The molecule has 1 saturated heterocycles. The third-order valence-corrected chi connectivity index (χ3v) is 2.04. The first-order chi connectivity index (χ1) is 5.61. The fraction of sp³-hybridized carbons (Fsp3) is 0.714. The van der Waals surface area contributed by atoms with Crippen LogP contribution in [0.3, 0.4) is 0 Å². The molecule has 0 aromatic rings. The minimum absolute atomic E-state index is 0.130. The van der Waals surface area contributed by atoms with Gasteiger partial charge in [-0.05, 0) is 12.8 Å². The second kappa shape index (κ2) is 3.42. The van der Waals surface area contributed by atoms with Gasteiger partial charge < -0.3 is 15.1 Å². The predicted octanol–water partition coefficient (Wildman–Crippen LogP) is 0.461. The van der Waals surface area contributed by atoms with E-state index in [0.29, 0.717) is 19.4 Å². The zero-order valence-corrected chi connectivity index (χ0v) is 6.56. The van der Waals surface area contributed by atoms with Crippen LogP contribution >= 0.6 is 0 Å². The average Bonchev–Trinajstić information content (AvgIpc) is 2.04. The van der Waals surface area contributed by atoms with Crippen molar-refractivity contribution in [3.05, 3.63) is 0 Å². The van der Waals surface area contributed by atoms with E-state index in [2.05, 4.69) is 0 Å². The van der Waals surface area contributed by atoms with Gasteiger partial charge in [-0.3, -0.25) is 4.79 Å². The summed E-state index contributed by atoms with van der Waals surface area (Å²) in [5.74, 6) is -1.42. The number of rotatable bonds is 1. The summed E-state index contributed by atoms with van der Waals surface area (Å²) >= 11 is 0. The Kier molecular flexibility index (Phi) is 2.52. The summed E-state index contributed by atoms with van der Waals surface area (Å²) in [4.78, 5) is 22.1. The molecule has 0 aromatic heterocycles. The van der Waals surface area contributed by atoms with E-state index >= 15 is 0 Å². The van der Waals surface area contributed by atoms with Crippen LogP contribution in [0.5, 0.6) is 0 Å². The number of carboxylic acid groups (broad SMARTS) is 2. The Morgan fingerprint density at radius 2 is 2.00 bits per heavy atom. The van der Waals surface area contributed by atoms with E-state index in [1.165, 1.54) is 0 Å². The van der Waals surface area contributed by atoms with Crippen LogP contribution in [0, 0.1) is 5.92 Å². The molecule has 0 saturated carbocycles. The number of hydrogen-bond acceptors (Lipinski definition) is 2. The van der Waals surface area contributed by atoms with Gasteiger partial charge in [0, 0.05) is 13.1 Å². The molecule has 0 spiro atoms. The van der Waals surface area contributed by atoms with Gasteiger partial charge in [0.25, 0.3) is 0 Å². The van der Waals surface area contributed by atoms with Crippen molar-refractivity contribution in [1.29, 1.82) is 0 Å². The molecule has 1 fully saturated rings. The number of nitrogens with zero attached hydrogens (tertiary/aromatic N) is 1. The lowest BCUT2D eigenvalue weighted by Crippen LogP contribution is -2.41. The van der Waals surface area contributed by atoms with Gasteiger partial charge in [0.2, 0.25) is 0 Å². The Hall–Kier alpha value is -1.26. The average molecular weight is 173 g/mol. The maximum atomic E-state index is 10.5. The highest BCUT2D eigenvalue weighted by Gasteiger charge is 2.27. The van der Waals surface area contributed by atoms with Crippen LogP contribution in [0.4, 0.5) is 4.79 Å². The first kappa shape index (κ1) is 8.83. The van der Waals surface area contributed by atoms with Gasteiger partial charge >= 0.3 is 12.1 Å². The molecule has 5 heteroatoms. The minimum atomic E-state index is -1.03. The van der Waals surface area contributed by atoms with Crippen molar-refractivity contribution < 1.29 is 19.8 Å². The third-order valence-electron chi connectivity index (χ3n) is 2.04. The van der Waals surface area contributed by atoms with Crippen molar-refractivity contribution in [2.45, 2.75) is 12.8 Å². The van der Waals surface area contributed by atoms with E-state index in [0.717, 1.165) is 4.90 Å². The molecular weight excluding hydrogens is 162 g/mol. The fourth-order valence-electron chi connectivity index (χ4n) is 1.35. The van der Waals surface area contributed by atoms with Crippen molar-refractivity contribution >= 4 is 12.1 Å². The molecular formula is C7H11NO4. The maximum Gasteiger partial charge on any atom is 0.407 e. The predicted molar refractivity (Wildman–Crippen MR) is 40.0 cm³/mol. The Morgan fingerprint density at radius 1 is 1.33 bits per heavy atom. The van der Waals surface area contributed by atoms with Gasteiger partial charge in [0.1, 0.15) is 0 Å². The number of carboxylic acids is 1. The molecule has 1 aliphatic heterocycles. The van der Waals surface area contributed by atoms with Crippen LogP contribution in [-0.4, -0.2) is 40.3 Å². The molecule has 1 unspecified atom stereocenters. The first-order valence-electron chi connectivity index (χ1n) is 3.82. The van der Waals surface area contributed by atoms with Crippen LogP contribution in [0.1, 0.15) is 12.8 Å². The molecule has 1 rings (SSSR count). The standard InChI is InChI=1S/C7H11NO4/c9-6(10)5-2-1-3-8(4-5)7(11)12/h5H,1-4H2,(H,9,10)(H,11,12). The van der Waals surface area contributed by atoms with Crippen molar-refractivity contribution in [3.8, 4) is 0 Å². The normalized spacial score (nSPS) is 23.7. The lowest BCUT2D eigenvalue weighted by molar-refractivity contribution is -0.143. The lowest BCUT2D eigenvalue weighted by Gasteiger charge is -2.27. The van der Waals surface area contributed by atoms with Crippen molar-refractivity contribution in [3.63, 3.8) is 0 Å². The number of piperidine rings is 1. The van der Waals surface area contributed by atoms with Gasteiger partial charge in [-0.1, -0.05) is 0 Å². The van der Waals surface area contributed by atoms with Crippen LogP contribution < -0.4 is 0 Å². The molecule has 1 atom stereocenters. The summed E-state index contributed by atoms with van der Waals surface area (Å²) in [5.41, 5.74) is 0. The van der Waals surface area contributed by atoms with E-state index < -0.39 is 18.0 Å². The van der Waals surface area contributed by atoms with Crippen LogP contribution in [-0.2, 0) is 4.79 Å². The number of aliphatic carboxylic acids is 1. The fourth-order valence-corrected chi connectivity index (χ4v) is 1.35. The van der Waals surface area contributed by atoms with E-state index in [4.69, 9.17) is 10.2 Å². The highest BCUT2D eigenvalue weighted by molar-refractivity contribution is 5.72. The van der Waals surface area contributed by atoms with Gasteiger partial charge in [0.05, 0.1) is 5.92 Å². The van der Waals surface area contributed by atoms with Crippen molar-refractivity contribution in [1.82, 2.24) is 4.90 Å². The van der Waals surface area contributed by atoms with E-state index in [-0.39, 0.29) is 6.54 Å². The van der Waals surface area contributed by atoms with Crippen LogP contribution in [0.15, 0.2) is 0 Å². The monoisotopic (exact) mass is 173 g/mol. The molecule has 5 nitrogen and oxygen atoms in total. The maximum absolute atomic E-state index is 10.5. The van der Waals surface area contributed by atoms with Crippen LogP contribution in [0.2, 0.25) is 0 Å². The molecule has 2 N–H and O–H groups in total. The molecule has 68 valence electrons. The molecule has 1 amide bonds. The molecule has 1 aliphatic rings. The highest BCUT2D eigenvalue weighted by atomic mass is 16.4. The zero-order valence-electron chi connectivity index (χ0n) is 6.56. The van der Waals surface area contributed by atoms with E-state index in [9.17, 15) is 9.59 Å². The highest BCUT2D eigenvalue weighted by Crippen LogP contribution is 2.16. The minimum Gasteiger partial charge on any atom is -0.481 e. The van der Waals surface area contributed by atoms with Gasteiger partial charge in [-0.15, -0.1) is 0 Å². The van der Waals surface area contributed by atoms with Crippen LogP contribution in [0.25, 0.3) is 0 Å². The largest absolute Gasteiger partial charge is 0.481 e. The molecule has 0 aliphatic carbocycles. The van der Waals surface area contributed by atoms with Crippen molar-refractivity contribution in [2.24, 2.45) is 5.92 Å². The second-order valence-electron chi connectivity index (χ2n) is 2.91. The second-order valence-corrected chi connectivity index (χ2v) is 2.91. The summed E-state index contributed by atoms with van der Waals surface area (Å²) in [6.07, 6.45) is 0.198. The SMILES string of the molecule is O=C(O)C1CCCN(C(=O)O)C1. The number of likely N-dealkylation sites (tertiary alicyclic amines) is 1. The first-order valence-corrected chi connectivity index (χ1v) is 3.82. The smallest absolute Gasteiger partial charge is 0.407 e. The molecule has 0 radical (unpaired) electrons. The van der Waals surface area contributed by atoms with E-state index in [1.807, 2.05) is 0 Å². The molecule has 0 aromatic carbocycles. The Morgan fingerprint density at radius 3 is 2.50 bits per heavy atom. The van der Waals surface area contributed by atoms with Gasteiger partial charge in [-0.2, -0.15) is 0 Å². The zero-order chi connectivity index (χ0) is 9.14. The number of carbonyl (C=O) groups is 2. The lowest BCUT2D eigenvalue weighted by atomic mass is 9.99. The van der Waals surface area contributed by atoms with E-state index in [1.54, 1.807) is 0 Å². The molecule has 0 bridgehead atoms. The molecule has 1 heterocycles. The van der Waals surface area contributed by atoms with Gasteiger partial charge in [0.15, 0.2) is 0 Å². The number of hydrogen-bond donors (Lipinski definition) is 2. The Labute approximate surface area is 69.6 Å². The quantitative estimate of drug-likeness (QED) is 0.603.